The molecule has 9 heteroatoms. The van der Waals surface area contributed by atoms with Crippen molar-refractivity contribution in [1.82, 2.24) is 15.3 Å². The fourth-order valence-electron chi connectivity index (χ4n) is 3.82. The smallest absolute Gasteiger partial charge is 0.406 e. The number of ether oxygens (including phenoxy) is 1. The zero-order valence-electron chi connectivity index (χ0n) is 18.2. The average Bonchev–Trinajstić information content (AvgIpc) is 3.19. The van der Waals surface area contributed by atoms with Crippen LogP contribution in [0.15, 0.2) is 48.7 Å². The number of benzene rings is 1. The molecule has 0 saturated heterocycles. The first kappa shape index (κ1) is 22.1. The van der Waals surface area contributed by atoms with Gasteiger partial charge in [0.05, 0.1) is 24.1 Å². The Bertz CT molecular complexity index is 1170. The number of methoxy groups -OCH3 is 1. The Balaban J connectivity index is 1.59. The van der Waals surface area contributed by atoms with Crippen LogP contribution in [-0.4, -0.2) is 41.4 Å². The highest BCUT2D eigenvalue weighted by atomic mass is 16.5. The number of hydrogen-bond donors (Lipinski definition) is 4. The van der Waals surface area contributed by atoms with Crippen molar-refractivity contribution in [2.45, 2.75) is 25.7 Å². The predicted octanol–water partition coefficient (Wildman–Crippen LogP) is 4.02. The molecular formula is C24H25N5O4. The second-order valence-corrected chi connectivity index (χ2v) is 7.64. The number of aromatic nitrogens is 2. The summed E-state index contributed by atoms with van der Waals surface area (Å²) in [7, 11) is 1.26. The number of aryl methyl sites for hydroxylation is 1. The lowest BCUT2D eigenvalue weighted by molar-refractivity contribution is -0.116. The molecule has 0 bridgehead atoms. The van der Waals surface area contributed by atoms with Crippen LogP contribution in [0.4, 0.5) is 22.0 Å². The molecule has 1 aliphatic carbocycles. The van der Waals surface area contributed by atoms with Crippen molar-refractivity contribution in [2.75, 3.05) is 24.3 Å². The molecule has 170 valence electrons. The summed E-state index contributed by atoms with van der Waals surface area (Å²) in [6.45, 7) is 0.148. The van der Waals surface area contributed by atoms with Gasteiger partial charge in [-0.3, -0.25) is 9.59 Å². The van der Waals surface area contributed by atoms with Crippen molar-refractivity contribution in [3.05, 3.63) is 59.9 Å². The highest BCUT2D eigenvalue weighted by Crippen LogP contribution is 2.39. The number of amides is 2. The standard InChI is InChI=1S/C24H25N5O4/c1-33-24(32)26-13-11-20(31)29-19-14-15(10-12-25-19)22-23(27-16-6-3-2-4-7-16)21-17(28-22)8-5-9-18(21)30/h2-4,6-7,10,12,14,27-28H,5,8-9,11,13H2,1H3,(H,26,32)(H,25,29,31). The van der Waals surface area contributed by atoms with Gasteiger partial charge in [-0.1, -0.05) is 18.2 Å². The summed E-state index contributed by atoms with van der Waals surface area (Å²) in [6, 6.07) is 13.3. The molecule has 1 aromatic carbocycles. The van der Waals surface area contributed by atoms with E-state index < -0.39 is 6.09 Å². The topological polar surface area (TPSA) is 125 Å². The molecular weight excluding hydrogens is 422 g/mol. The van der Waals surface area contributed by atoms with Gasteiger partial charge in [0.15, 0.2) is 5.78 Å². The summed E-state index contributed by atoms with van der Waals surface area (Å²) in [5, 5.41) is 8.60. The number of Topliss-reactive ketones (excluding diaryl/α,β-unsaturated/α-hetero) is 1. The van der Waals surface area contributed by atoms with Gasteiger partial charge in [-0.15, -0.1) is 0 Å². The van der Waals surface area contributed by atoms with Gasteiger partial charge in [-0.2, -0.15) is 0 Å². The molecule has 1 aliphatic rings. The van der Waals surface area contributed by atoms with E-state index in [1.807, 2.05) is 36.4 Å². The van der Waals surface area contributed by atoms with Crippen molar-refractivity contribution in [2.24, 2.45) is 0 Å². The maximum absolute atomic E-state index is 12.8. The third kappa shape index (κ3) is 5.20. The number of ketones is 1. The molecule has 0 fully saturated rings. The van der Waals surface area contributed by atoms with Crippen LogP contribution in [-0.2, 0) is 16.0 Å². The zero-order chi connectivity index (χ0) is 23.2. The van der Waals surface area contributed by atoms with Gasteiger partial charge in [-0.05, 0) is 37.1 Å². The van der Waals surface area contributed by atoms with E-state index in [-0.39, 0.29) is 24.7 Å². The highest BCUT2D eigenvalue weighted by molar-refractivity contribution is 6.07. The Kier molecular flexibility index (Phi) is 6.68. The monoisotopic (exact) mass is 447 g/mol. The first-order valence-corrected chi connectivity index (χ1v) is 10.7. The van der Waals surface area contributed by atoms with Crippen molar-refractivity contribution in [3.8, 4) is 11.3 Å². The van der Waals surface area contributed by atoms with E-state index in [1.54, 1.807) is 12.3 Å². The van der Waals surface area contributed by atoms with Crippen molar-refractivity contribution < 1.29 is 19.1 Å². The maximum atomic E-state index is 12.8. The molecule has 2 aromatic heterocycles. The molecule has 0 aliphatic heterocycles. The predicted molar refractivity (Wildman–Crippen MR) is 125 cm³/mol. The molecule has 0 saturated carbocycles. The van der Waals surface area contributed by atoms with Crippen LogP contribution < -0.4 is 16.0 Å². The van der Waals surface area contributed by atoms with Gasteiger partial charge >= 0.3 is 6.09 Å². The Morgan fingerprint density at radius 3 is 2.76 bits per heavy atom. The molecule has 3 aromatic rings. The number of fused-ring (bicyclic) bond motifs is 1. The van der Waals surface area contributed by atoms with E-state index in [0.29, 0.717) is 17.8 Å². The van der Waals surface area contributed by atoms with Crippen LogP contribution in [0.25, 0.3) is 11.3 Å². The van der Waals surface area contributed by atoms with Crippen molar-refractivity contribution in [3.63, 3.8) is 0 Å². The van der Waals surface area contributed by atoms with Crippen LogP contribution in [0, 0.1) is 0 Å². The Morgan fingerprint density at radius 2 is 1.97 bits per heavy atom. The van der Waals surface area contributed by atoms with Crippen LogP contribution in [0.5, 0.6) is 0 Å². The fourth-order valence-corrected chi connectivity index (χ4v) is 3.82. The average molecular weight is 447 g/mol. The van der Waals surface area contributed by atoms with Gasteiger partial charge in [0, 0.05) is 42.5 Å². The summed E-state index contributed by atoms with van der Waals surface area (Å²) in [5.74, 6) is 0.192. The normalized spacial score (nSPS) is 12.6. The minimum absolute atomic E-state index is 0.0765. The lowest BCUT2D eigenvalue weighted by Gasteiger charge is -2.14. The van der Waals surface area contributed by atoms with Gasteiger partial charge in [0.25, 0.3) is 0 Å². The number of H-pyrrole nitrogens is 1. The Morgan fingerprint density at radius 1 is 1.15 bits per heavy atom. The molecule has 0 spiro atoms. The number of para-hydroxylation sites is 1. The van der Waals surface area contributed by atoms with E-state index in [0.717, 1.165) is 41.2 Å². The maximum Gasteiger partial charge on any atom is 0.406 e. The molecule has 4 N–H and O–H groups in total. The second-order valence-electron chi connectivity index (χ2n) is 7.64. The molecule has 33 heavy (non-hydrogen) atoms. The lowest BCUT2D eigenvalue weighted by Crippen LogP contribution is -2.27. The van der Waals surface area contributed by atoms with E-state index in [9.17, 15) is 14.4 Å². The summed E-state index contributed by atoms with van der Waals surface area (Å²) in [5.41, 5.74) is 4.76. The number of anilines is 3. The molecule has 0 atom stereocenters. The van der Waals surface area contributed by atoms with Crippen molar-refractivity contribution >= 4 is 35.0 Å². The van der Waals surface area contributed by atoms with Crippen molar-refractivity contribution in [1.29, 1.82) is 0 Å². The Labute approximate surface area is 191 Å². The number of aromatic amines is 1. The molecule has 2 amide bonds. The largest absolute Gasteiger partial charge is 0.453 e. The Hall–Kier alpha value is -4.14. The third-order valence-corrected chi connectivity index (χ3v) is 5.35. The SMILES string of the molecule is COC(=O)NCCC(=O)Nc1cc(-c2[nH]c3c(c2Nc2ccccc2)C(=O)CCC3)ccn1. The number of nitrogens with one attached hydrogen (secondary N) is 4. The fraction of sp³-hybridized carbons (Fsp3) is 0.250. The summed E-state index contributed by atoms with van der Waals surface area (Å²) in [4.78, 5) is 43.7. The van der Waals surface area contributed by atoms with E-state index in [4.69, 9.17) is 0 Å². The summed E-state index contributed by atoms with van der Waals surface area (Å²) >= 11 is 0. The number of hydrogen-bond acceptors (Lipinski definition) is 6. The molecule has 2 heterocycles. The minimum Gasteiger partial charge on any atom is -0.453 e. The number of pyridine rings is 1. The number of carbonyl (C=O) groups excluding carboxylic acids is 3. The zero-order valence-corrected chi connectivity index (χ0v) is 18.2. The van der Waals surface area contributed by atoms with E-state index >= 15 is 0 Å². The van der Waals surface area contributed by atoms with Gasteiger partial charge in [0.2, 0.25) is 5.91 Å². The van der Waals surface area contributed by atoms with Crippen LogP contribution in [0.1, 0.15) is 35.3 Å². The third-order valence-electron chi connectivity index (χ3n) is 5.35. The van der Waals surface area contributed by atoms with E-state index in [1.165, 1.54) is 7.11 Å². The first-order valence-electron chi connectivity index (χ1n) is 10.7. The lowest BCUT2D eigenvalue weighted by atomic mass is 9.95. The van der Waals surface area contributed by atoms with Gasteiger partial charge < -0.3 is 25.7 Å². The van der Waals surface area contributed by atoms with Crippen LogP contribution in [0.2, 0.25) is 0 Å². The highest BCUT2D eigenvalue weighted by Gasteiger charge is 2.27. The quantitative estimate of drug-likeness (QED) is 0.433. The number of alkyl carbamates (subject to hydrolysis) is 1. The first-order chi connectivity index (χ1) is 16.0. The van der Waals surface area contributed by atoms with Crippen LogP contribution in [0.3, 0.4) is 0 Å². The minimum atomic E-state index is -0.591. The molecule has 9 nitrogen and oxygen atoms in total. The van der Waals surface area contributed by atoms with Gasteiger partial charge in [0.1, 0.15) is 5.82 Å². The number of rotatable bonds is 7. The number of carbonyl (C=O) groups is 3. The van der Waals surface area contributed by atoms with E-state index in [2.05, 4.69) is 30.7 Å². The summed E-state index contributed by atoms with van der Waals surface area (Å²) in [6.07, 6.45) is 3.22. The molecule has 0 radical (unpaired) electrons. The van der Waals surface area contributed by atoms with Gasteiger partial charge in [-0.25, -0.2) is 9.78 Å². The van der Waals surface area contributed by atoms with Crippen LogP contribution >= 0.6 is 0 Å². The molecule has 4 rings (SSSR count). The molecule has 0 unspecified atom stereocenters. The summed E-state index contributed by atoms with van der Waals surface area (Å²) < 4.78 is 4.48. The number of nitrogens with zero attached hydrogens (tertiary/aromatic N) is 1. The second kappa shape index (κ2) is 9.99.